The van der Waals surface area contributed by atoms with Crippen molar-refractivity contribution in [1.82, 2.24) is 21.3 Å². The summed E-state index contributed by atoms with van der Waals surface area (Å²) in [5.41, 5.74) is 84.5. The number of carbonyl (C=O) groups is 2. The summed E-state index contributed by atoms with van der Waals surface area (Å²) >= 11 is 0. The minimum absolute atomic E-state index is 0.118. The van der Waals surface area contributed by atoms with Gasteiger partial charge in [-0.15, -0.1) is 0 Å². The van der Waals surface area contributed by atoms with Gasteiger partial charge in [0.05, 0.1) is 25.6 Å². The van der Waals surface area contributed by atoms with E-state index in [0.717, 1.165) is 0 Å². The minimum Gasteiger partial charge on any atom is -0.467 e. The predicted molar refractivity (Wildman–Crippen MR) is 197 cm³/mol. The first-order valence-electron chi connectivity index (χ1n) is 15.0. The monoisotopic (exact) mass is 712 g/mol. The second kappa shape index (κ2) is 30.4. The molecular weight excluding hydrogens is 697 g/mol. The molecule has 8 nitrogen and oxygen atoms in total. The van der Waals surface area contributed by atoms with Crippen molar-refractivity contribution < 1.29 is 18.4 Å². The number of urea groups is 2. The summed E-state index contributed by atoms with van der Waals surface area (Å²) in [6.45, 7) is 3.55. The van der Waals surface area contributed by atoms with Crippen LogP contribution in [0.2, 0.25) is 0 Å². The third kappa shape index (κ3) is 24.5. The Morgan fingerprint density at radius 1 is 0.429 bits per heavy atom. The average Bonchev–Trinajstić information content (AvgIpc) is 3.93. The van der Waals surface area contributed by atoms with Crippen LogP contribution in [0.3, 0.4) is 0 Å². The smallest absolute Gasteiger partial charge is 0.321 e. The second-order valence-corrected chi connectivity index (χ2v) is 8.45. The van der Waals surface area contributed by atoms with Gasteiger partial charge in [-0.1, -0.05) is 5.73 Å². The van der Waals surface area contributed by atoms with Gasteiger partial charge in [0, 0.05) is 91.7 Å². The molecule has 0 fully saturated rings. The first-order valence-corrected chi connectivity index (χ1v) is 15.0. The van der Waals surface area contributed by atoms with Crippen LogP contribution in [0.4, 0.5) is 9.59 Å². The van der Waals surface area contributed by atoms with Gasteiger partial charge in [-0.05, 0) is 128 Å². The molecule has 0 unspecified atom stereocenters. The first-order chi connectivity index (χ1) is 27.7. The van der Waals surface area contributed by atoms with Crippen molar-refractivity contribution in [2.75, 3.05) is 0 Å². The lowest BCUT2D eigenvalue weighted by Crippen LogP contribution is -2.43. The van der Waals surface area contributed by atoms with Crippen molar-refractivity contribution >= 4 is 12.1 Å². The Kier molecular flexibility index (Phi) is 22.6. The summed E-state index contributed by atoms with van der Waals surface area (Å²) in [6, 6.07) is 5.48. The van der Waals surface area contributed by atoms with Crippen molar-refractivity contribution in [3.8, 4) is 0 Å². The van der Waals surface area contributed by atoms with E-state index in [1.165, 1.54) is 12.5 Å². The number of hydrogen-bond donors (Lipinski definition) is 4. The van der Waals surface area contributed by atoms with Crippen LogP contribution in [0, 0.1) is 0 Å². The number of furan rings is 2. The van der Waals surface area contributed by atoms with Crippen LogP contribution in [0.1, 0.15) is 11.5 Å². The molecule has 4 N–H and O–H groups in total. The fraction of sp³-hybridized carbons (Fsp3) is 0.0417. The van der Waals surface area contributed by atoms with E-state index >= 15 is 0 Å². The van der Waals surface area contributed by atoms with E-state index in [-0.39, 0.29) is 18.9 Å². The molecule has 8 heteroatoms. The Morgan fingerprint density at radius 2 is 0.696 bits per heavy atom. The highest BCUT2D eigenvalue weighted by atomic mass is 16.3. The number of hydrogen-bond acceptors (Lipinski definition) is 4. The standard InChI is InChI=1S/C48H16N4O4/c1-2-3-4-5-6-7-8-9-10-11-12-13-14-15-16-17-18-19-20-21-22-23-24-25-26-27-28-29-30-31-32-33-34-39-46(51-47(53)49-42-44-37-35-40-55-44)52-48(54)50-43-45-38-36-41-56-45/h35-38,40-41H,1,42-43H2,(H2,49,51,53)(H2,50,52,54). The maximum absolute atomic E-state index is 12.3. The molecule has 0 aliphatic carbocycles. The minimum atomic E-state index is -0.639. The normalized spacial score (nSPS) is 6.29. The van der Waals surface area contributed by atoms with E-state index in [0.29, 0.717) is 11.5 Å². The van der Waals surface area contributed by atoms with Gasteiger partial charge in [0.15, 0.2) is 5.82 Å². The Morgan fingerprint density at radius 3 is 0.946 bits per heavy atom. The molecule has 0 saturated carbocycles. The van der Waals surface area contributed by atoms with Crippen molar-refractivity contribution in [3.05, 3.63) is 256 Å². The number of amides is 4. The molecule has 0 atom stereocenters. The van der Waals surface area contributed by atoms with Gasteiger partial charge >= 0.3 is 12.1 Å². The Balaban J connectivity index is 2.24. The Hall–Kier alpha value is -10.6. The Labute approximate surface area is 319 Å². The van der Waals surface area contributed by atoms with E-state index in [2.05, 4.69) is 223 Å². The quantitative estimate of drug-likeness (QED) is 0.244. The zero-order valence-electron chi connectivity index (χ0n) is 28.7. The highest BCUT2D eigenvalue weighted by molar-refractivity contribution is 5.79. The maximum atomic E-state index is 12.3. The van der Waals surface area contributed by atoms with Crippen LogP contribution in [0.15, 0.2) is 253 Å². The fourth-order valence-electron chi connectivity index (χ4n) is 2.65. The SMILES string of the molecule is C=C=C=C=C=C=C=C=C=C=C=C=C=C=C=C=C=C=C=C=C=C=C=C=C=C=C=C=C=C=C=C=C=C=C=C(NC(=O)NCc1ccco1)NC(=O)NCc1ccco1. The molecule has 2 heterocycles. The summed E-state index contributed by atoms with van der Waals surface area (Å²) in [7, 11) is 0. The average molecular weight is 713 g/mol. The summed E-state index contributed by atoms with van der Waals surface area (Å²) in [6.07, 6.45) is 2.95. The summed E-state index contributed by atoms with van der Waals surface area (Å²) in [5, 5.41) is 10.0. The molecule has 2 aromatic heterocycles. The maximum Gasteiger partial charge on any atom is 0.321 e. The highest BCUT2D eigenvalue weighted by Gasteiger charge is 2.09. The van der Waals surface area contributed by atoms with Crippen molar-refractivity contribution in [2.45, 2.75) is 13.1 Å². The summed E-state index contributed by atoms with van der Waals surface area (Å²) in [4.78, 5) is 24.6. The first kappa shape index (κ1) is 41.5. The van der Waals surface area contributed by atoms with Crippen LogP contribution < -0.4 is 21.3 Å². The third-order valence-corrected chi connectivity index (χ3v) is 4.70. The molecule has 252 valence electrons. The van der Waals surface area contributed by atoms with Crippen LogP contribution in [0.25, 0.3) is 0 Å². The van der Waals surface area contributed by atoms with E-state index in [4.69, 9.17) is 8.83 Å². The number of nitrogens with one attached hydrogen (secondary N) is 4. The fourth-order valence-corrected chi connectivity index (χ4v) is 2.65. The molecular formula is C48H16N4O4. The van der Waals surface area contributed by atoms with Crippen LogP contribution in [0.5, 0.6) is 0 Å². The molecule has 2 rings (SSSR count). The summed E-state index contributed by atoms with van der Waals surface area (Å²) < 4.78 is 10.3. The molecule has 0 aliphatic heterocycles. The second-order valence-electron chi connectivity index (χ2n) is 8.45. The number of carbonyl (C=O) groups excluding carboxylic acids is 2. The van der Waals surface area contributed by atoms with Crippen LogP contribution in [-0.2, 0) is 13.1 Å². The van der Waals surface area contributed by atoms with Gasteiger partial charge in [0.25, 0.3) is 0 Å². The van der Waals surface area contributed by atoms with Gasteiger partial charge in [0.1, 0.15) is 11.5 Å². The molecule has 0 saturated heterocycles. The Bertz CT molecular complexity index is 3190. The molecule has 0 aliphatic rings. The zero-order chi connectivity index (χ0) is 39.8. The lowest BCUT2D eigenvalue weighted by atomic mass is 10.4. The third-order valence-electron chi connectivity index (χ3n) is 4.70. The van der Waals surface area contributed by atoms with E-state index in [1.807, 2.05) is 0 Å². The van der Waals surface area contributed by atoms with Crippen molar-refractivity contribution in [3.63, 3.8) is 0 Å². The van der Waals surface area contributed by atoms with Crippen molar-refractivity contribution in [2.24, 2.45) is 0 Å². The van der Waals surface area contributed by atoms with Crippen LogP contribution >= 0.6 is 0 Å². The molecule has 2 aromatic rings. The van der Waals surface area contributed by atoms with E-state index in [1.54, 1.807) is 24.3 Å². The molecule has 0 aromatic carbocycles. The van der Waals surface area contributed by atoms with Gasteiger partial charge in [-0.25, -0.2) is 9.59 Å². The molecule has 4 amide bonds. The number of rotatable bonds is 6. The molecule has 56 heavy (non-hydrogen) atoms. The van der Waals surface area contributed by atoms with Gasteiger partial charge in [0.2, 0.25) is 0 Å². The predicted octanol–water partition coefficient (Wildman–Crippen LogP) is 6.92. The topological polar surface area (TPSA) is 109 Å². The molecule has 0 radical (unpaired) electrons. The lowest BCUT2D eigenvalue weighted by molar-refractivity contribution is 0.237. The zero-order valence-corrected chi connectivity index (χ0v) is 28.7. The van der Waals surface area contributed by atoms with Gasteiger partial charge in [-0.3, -0.25) is 10.6 Å². The largest absolute Gasteiger partial charge is 0.467 e. The van der Waals surface area contributed by atoms with E-state index < -0.39 is 12.1 Å². The van der Waals surface area contributed by atoms with Crippen molar-refractivity contribution in [1.29, 1.82) is 0 Å². The van der Waals surface area contributed by atoms with Gasteiger partial charge < -0.3 is 19.5 Å². The molecule has 0 bridgehead atoms. The van der Waals surface area contributed by atoms with E-state index in [9.17, 15) is 9.59 Å². The van der Waals surface area contributed by atoms with Gasteiger partial charge in [-0.2, -0.15) is 0 Å². The highest BCUT2D eigenvalue weighted by Crippen LogP contribution is 1.99. The van der Waals surface area contributed by atoms with Crippen LogP contribution in [-0.4, -0.2) is 12.1 Å². The molecule has 0 spiro atoms. The lowest BCUT2D eigenvalue weighted by Gasteiger charge is -2.10. The summed E-state index contributed by atoms with van der Waals surface area (Å²) in [5.74, 6) is 0.938.